The molecule has 7 heteroatoms. The Bertz CT molecular complexity index is 1150. The molecular weight excluding hydrogens is 395 g/mol. The second-order valence-electron chi connectivity index (χ2n) is 6.69. The van der Waals surface area contributed by atoms with Crippen molar-refractivity contribution >= 4 is 40.0 Å². The molecule has 0 unspecified atom stereocenters. The van der Waals surface area contributed by atoms with Gasteiger partial charge in [-0.1, -0.05) is 17.7 Å². The number of rotatable bonds is 3. The Morgan fingerprint density at radius 1 is 1.24 bits per heavy atom. The lowest BCUT2D eigenvalue weighted by molar-refractivity contribution is -0.136. The molecule has 1 aliphatic rings. The Hall–Kier alpha value is -3.12. The zero-order valence-corrected chi connectivity index (χ0v) is 16.4. The summed E-state index contributed by atoms with van der Waals surface area (Å²) in [5.74, 6) is -1.42. The molecule has 0 atom stereocenters. The first-order chi connectivity index (χ1) is 14.0. The van der Waals surface area contributed by atoms with E-state index >= 15 is 0 Å². The lowest BCUT2D eigenvalue weighted by Crippen LogP contribution is -2.28. The molecule has 5 nitrogen and oxygen atoms in total. The standard InChI is InChI=1S/C22H18ClFN2O3/c1-2-29-22(28)18-12-26(21(27)13-4-3-5-15(24)10-13)9-8-16-17-11-14(23)6-7-19(17)25-20(16)18/h3-7,10-12,25H,2,8-9H2,1H3. The zero-order valence-electron chi connectivity index (χ0n) is 15.7. The van der Waals surface area contributed by atoms with Gasteiger partial charge in [0.05, 0.1) is 17.9 Å². The molecule has 0 saturated carbocycles. The molecule has 4 rings (SSSR count). The predicted molar refractivity (Wildman–Crippen MR) is 109 cm³/mol. The number of hydrogen-bond donors (Lipinski definition) is 1. The van der Waals surface area contributed by atoms with Crippen molar-refractivity contribution in [2.75, 3.05) is 13.2 Å². The second kappa shape index (κ2) is 7.72. The Kier molecular flexibility index (Phi) is 5.11. The van der Waals surface area contributed by atoms with E-state index in [1.54, 1.807) is 19.1 Å². The van der Waals surface area contributed by atoms with Gasteiger partial charge in [0.25, 0.3) is 5.91 Å². The minimum absolute atomic E-state index is 0.204. The summed E-state index contributed by atoms with van der Waals surface area (Å²) in [5, 5.41) is 1.47. The number of halogens is 2. The van der Waals surface area contributed by atoms with Crippen LogP contribution in [0.3, 0.4) is 0 Å². The molecule has 0 fully saturated rings. The molecule has 29 heavy (non-hydrogen) atoms. The number of esters is 1. The summed E-state index contributed by atoms with van der Waals surface area (Å²) in [6, 6.07) is 10.9. The van der Waals surface area contributed by atoms with Gasteiger partial charge in [0.1, 0.15) is 5.82 Å². The van der Waals surface area contributed by atoms with Crippen molar-refractivity contribution in [2.24, 2.45) is 0 Å². The van der Waals surface area contributed by atoms with Gasteiger partial charge >= 0.3 is 5.97 Å². The van der Waals surface area contributed by atoms with Crippen LogP contribution in [-0.4, -0.2) is 34.9 Å². The number of fused-ring (bicyclic) bond motifs is 3. The topological polar surface area (TPSA) is 62.4 Å². The van der Waals surface area contributed by atoms with Gasteiger partial charge < -0.3 is 14.6 Å². The van der Waals surface area contributed by atoms with Gasteiger partial charge in [0.15, 0.2) is 0 Å². The monoisotopic (exact) mass is 412 g/mol. The number of benzene rings is 2. The maximum atomic E-state index is 13.6. The molecule has 0 spiro atoms. The van der Waals surface area contributed by atoms with Gasteiger partial charge in [0, 0.05) is 34.2 Å². The van der Waals surface area contributed by atoms with Crippen LogP contribution >= 0.6 is 11.6 Å². The number of ether oxygens (including phenoxy) is 1. The number of nitrogens with zero attached hydrogens (tertiary/aromatic N) is 1. The third-order valence-corrected chi connectivity index (χ3v) is 5.09. The van der Waals surface area contributed by atoms with Crippen LogP contribution in [0.15, 0.2) is 48.7 Å². The van der Waals surface area contributed by atoms with Crippen molar-refractivity contribution in [1.29, 1.82) is 0 Å². The molecule has 1 N–H and O–H groups in total. The first-order valence-corrected chi connectivity index (χ1v) is 9.61. The third-order valence-electron chi connectivity index (χ3n) is 4.85. The second-order valence-corrected chi connectivity index (χ2v) is 7.13. The fourth-order valence-electron chi connectivity index (χ4n) is 3.54. The van der Waals surface area contributed by atoms with Crippen LogP contribution in [0.4, 0.5) is 4.39 Å². The number of aromatic nitrogens is 1. The van der Waals surface area contributed by atoms with E-state index in [0.717, 1.165) is 16.5 Å². The first-order valence-electron chi connectivity index (χ1n) is 9.24. The Morgan fingerprint density at radius 3 is 2.83 bits per heavy atom. The fraction of sp³-hybridized carbons (Fsp3) is 0.182. The summed E-state index contributed by atoms with van der Waals surface area (Å²) in [6.07, 6.45) is 1.98. The zero-order chi connectivity index (χ0) is 20.5. The summed E-state index contributed by atoms with van der Waals surface area (Å²) in [4.78, 5) is 30.3. The van der Waals surface area contributed by atoms with Gasteiger partial charge in [-0.3, -0.25) is 4.79 Å². The van der Waals surface area contributed by atoms with Crippen molar-refractivity contribution in [1.82, 2.24) is 9.88 Å². The highest BCUT2D eigenvalue weighted by Gasteiger charge is 2.27. The van der Waals surface area contributed by atoms with E-state index in [0.29, 0.717) is 23.7 Å². The van der Waals surface area contributed by atoms with Crippen molar-refractivity contribution < 1.29 is 18.7 Å². The minimum Gasteiger partial charge on any atom is -0.462 e. The average Bonchev–Trinajstić information content (AvgIpc) is 2.93. The van der Waals surface area contributed by atoms with Gasteiger partial charge in [-0.25, -0.2) is 9.18 Å². The van der Waals surface area contributed by atoms with E-state index in [2.05, 4.69) is 4.98 Å². The molecule has 3 aromatic rings. The van der Waals surface area contributed by atoms with Crippen LogP contribution in [0.2, 0.25) is 5.02 Å². The lowest BCUT2D eigenvalue weighted by Gasteiger charge is -2.18. The predicted octanol–water partition coefficient (Wildman–Crippen LogP) is 4.56. The molecule has 1 aliphatic heterocycles. The summed E-state index contributed by atoms with van der Waals surface area (Å²) in [7, 11) is 0. The van der Waals surface area contributed by atoms with Crippen LogP contribution in [0.5, 0.6) is 0 Å². The summed E-state index contributed by atoms with van der Waals surface area (Å²) >= 11 is 6.16. The Morgan fingerprint density at radius 2 is 2.07 bits per heavy atom. The maximum Gasteiger partial charge on any atom is 0.341 e. The van der Waals surface area contributed by atoms with E-state index < -0.39 is 17.7 Å². The van der Waals surface area contributed by atoms with Crippen LogP contribution in [-0.2, 0) is 16.0 Å². The van der Waals surface area contributed by atoms with Crippen LogP contribution in [0.1, 0.15) is 28.5 Å². The van der Waals surface area contributed by atoms with Crippen molar-refractivity contribution in [3.05, 3.63) is 76.3 Å². The number of H-pyrrole nitrogens is 1. The number of amides is 1. The van der Waals surface area contributed by atoms with Crippen molar-refractivity contribution in [3.8, 4) is 0 Å². The summed E-state index contributed by atoms with van der Waals surface area (Å²) in [5.41, 5.74) is 2.80. The smallest absolute Gasteiger partial charge is 0.341 e. The van der Waals surface area contributed by atoms with E-state index in [1.807, 2.05) is 12.1 Å². The quantitative estimate of drug-likeness (QED) is 0.641. The molecule has 0 saturated heterocycles. The molecule has 0 radical (unpaired) electrons. The SMILES string of the molecule is CCOC(=O)C1=CN(C(=O)c2cccc(F)c2)CCc2c1[nH]c1ccc(Cl)cc21. The molecule has 0 bridgehead atoms. The molecule has 1 aromatic heterocycles. The van der Waals surface area contributed by atoms with E-state index in [1.165, 1.54) is 29.3 Å². The lowest BCUT2D eigenvalue weighted by atomic mass is 10.0. The molecule has 0 aliphatic carbocycles. The third kappa shape index (κ3) is 3.63. The minimum atomic E-state index is -0.537. The fourth-order valence-corrected chi connectivity index (χ4v) is 3.71. The maximum absolute atomic E-state index is 13.6. The van der Waals surface area contributed by atoms with Crippen LogP contribution in [0, 0.1) is 5.82 Å². The molecule has 1 amide bonds. The van der Waals surface area contributed by atoms with E-state index in [9.17, 15) is 14.0 Å². The highest BCUT2D eigenvalue weighted by atomic mass is 35.5. The van der Waals surface area contributed by atoms with Gasteiger partial charge in [0.2, 0.25) is 0 Å². The molecule has 2 heterocycles. The highest BCUT2D eigenvalue weighted by molar-refractivity contribution is 6.31. The van der Waals surface area contributed by atoms with Gasteiger partial charge in [-0.2, -0.15) is 0 Å². The average molecular weight is 413 g/mol. The van der Waals surface area contributed by atoms with Gasteiger partial charge in [-0.15, -0.1) is 0 Å². The summed E-state index contributed by atoms with van der Waals surface area (Å²) in [6.45, 7) is 2.25. The number of hydrogen-bond acceptors (Lipinski definition) is 3. The van der Waals surface area contributed by atoms with Crippen molar-refractivity contribution in [2.45, 2.75) is 13.3 Å². The number of nitrogens with one attached hydrogen (secondary N) is 1. The normalized spacial score (nSPS) is 13.6. The first kappa shape index (κ1) is 19.2. The molecule has 2 aromatic carbocycles. The van der Waals surface area contributed by atoms with Crippen LogP contribution in [0.25, 0.3) is 16.5 Å². The van der Waals surface area contributed by atoms with Crippen LogP contribution < -0.4 is 0 Å². The van der Waals surface area contributed by atoms with Crippen molar-refractivity contribution in [3.63, 3.8) is 0 Å². The van der Waals surface area contributed by atoms with E-state index in [-0.39, 0.29) is 17.7 Å². The largest absolute Gasteiger partial charge is 0.462 e. The molecular formula is C22H18ClFN2O3. The Balaban J connectivity index is 1.81. The Labute approximate surface area is 171 Å². The number of carbonyl (C=O) groups is 2. The highest BCUT2D eigenvalue weighted by Crippen LogP contribution is 2.33. The van der Waals surface area contributed by atoms with E-state index in [4.69, 9.17) is 16.3 Å². The number of carbonyl (C=O) groups excluding carboxylic acids is 2. The summed E-state index contributed by atoms with van der Waals surface area (Å²) < 4.78 is 18.8. The number of aromatic amines is 1. The molecule has 148 valence electrons. The van der Waals surface area contributed by atoms with Gasteiger partial charge in [-0.05, 0) is 55.3 Å².